The van der Waals surface area contributed by atoms with Gasteiger partial charge in [-0.3, -0.25) is 4.98 Å². The van der Waals surface area contributed by atoms with Crippen molar-refractivity contribution in [3.63, 3.8) is 0 Å². The van der Waals surface area contributed by atoms with Gasteiger partial charge in [-0.25, -0.2) is 22.9 Å². The van der Waals surface area contributed by atoms with Crippen LogP contribution in [0.5, 0.6) is 0 Å². The quantitative estimate of drug-likeness (QED) is 0.593. The van der Waals surface area contributed by atoms with Gasteiger partial charge in [0.05, 0.1) is 6.04 Å². The van der Waals surface area contributed by atoms with E-state index in [0.29, 0.717) is 38.1 Å². The maximum Gasteiger partial charge on any atom is 0.434 e. The van der Waals surface area contributed by atoms with Crippen molar-refractivity contribution in [1.29, 1.82) is 0 Å². The predicted octanol–water partition coefficient (Wildman–Crippen LogP) is 2.33. The molecule has 0 atom stereocenters. The number of urea groups is 1. The van der Waals surface area contributed by atoms with Gasteiger partial charge in [0.1, 0.15) is 11.2 Å². The lowest BCUT2D eigenvalue weighted by Crippen LogP contribution is -2.76. The van der Waals surface area contributed by atoms with Crippen LogP contribution in [-0.4, -0.2) is 87.6 Å². The number of alkyl halides is 3. The average Bonchev–Trinajstić information content (AvgIpc) is 3.47. The number of rotatable bonds is 4. The molecule has 0 radical (unpaired) electrons. The third kappa shape index (κ3) is 3.66. The molecule has 10 nitrogen and oxygen atoms in total. The van der Waals surface area contributed by atoms with Gasteiger partial charge in [0.2, 0.25) is 10.0 Å². The van der Waals surface area contributed by atoms with Gasteiger partial charge in [-0.15, -0.1) is 0 Å². The molecule has 5 heterocycles. The Hall–Kier alpha value is -2.74. The summed E-state index contributed by atoms with van der Waals surface area (Å²) >= 11 is 0. The van der Waals surface area contributed by atoms with E-state index in [2.05, 4.69) is 15.1 Å². The number of likely N-dealkylation sites (tertiary alicyclic amines) is 2. The Kier molecular flexibility index (Phi) is 4.69. The molecule has 0 N–H and O–H groups in total. The number of halogens is 3. The Bertz CT molecular complexity index is 1360. The number of hydrogen-bond acceptors (Lipinski definition) is 6. The van der Waals surface area contributed by atoms with E-state index >= 15 is 0 Å². The van der Waals surface area contributed by atoms with Crippen molar-refractivity contribution in [3.05, 3.63) is 36.2 Å². The first-order valence-electron chi connectivity index (χ1n) is 12.4. The van der Waals surface area contributed by atoms with Crippen LogP contribution >= 0.6 is 0 Å². The summed E-state index contributed by atoms with van der Waals surface area (Å²) in [4.78, 5) is 23.3. The summed E-state index contributed by atoms with van der Waals surface area (Å²) in [6.45, 7) is 2.42. The SMILES string of the molecule is O=C(N1CC2(CC(n3cnc(C4CC4)n3)C2)C1)N1CC2(C1)CN(S(=O)(=O)c1cccnc1C(F)(F)F)C2. The fourth-order valence-corrected chi connectivity index (χ4v) is 8.23. The number of carbonyl (C=O) groups excluding carboxylic acids is 1. The molecular formula is C23H26F3N7O3S. The van der Waals surface area contributed by atoms with Crippen molar-refractivity contribution in [2.24, 2.45) is 10.8 Å². The number of carbonyl (C=O) groups is 1. The van der Waals surface area contributed by atoms with Crippen molar-refractivity contribution < 1.29 is 26.4 Å². The minimum absolute atomic E-state index is 0.0515. The van der Waals surface area contributed by atoms with E-state index < -0.39 is 26.8 Å². The van der Waals surface area contributed by atoms with E-state index in [-0.39, 0.29) is 30.0 Å². The zero-order chi connectivity index (χ0) is 25.8. The fourth-order valence-electron chi connectivity index (χ4n) is 6.40. The molecule has 3 aliphatic heterocycles. The first-order valence-corrected chi connectivity index (χ1v) is 13.9. The van der Waals surface area contributed by atoms with E-state index in [0.717, 1.165) is 35.2 Å². The minimum Gasteiger partial charge on any atom is -0.323 e. The Balaban J connectivity index is 0.902. The van der Waals surface area contributed by atoms with E-state index in [9.17, 15) is 26.4 Å². The molecule has 3 saturated heterocycles. The molecule has 14 heteroatoms. The van der Waals surface area contributed by atoms with Crippen molar-refractivity contribution in [3.8, 4) is 0 Å². The van der Waals surface area contributed by atoms with Gasteiger partial charge in [0, 0.05) is 62.2 Å². The van der Waals surface area contributed by atoms with Gasteiger partial charge in [-0.2, -0.15) is 22.6 Å². The molecule has 0 bridgehead atoms. The molecule has 2 saturated carbocycles. The maximum absolute atomic E-state index is 13.3. The molecule has 7 rings (SSSR count). The molecule has 5 aliphatic rings. The maximum atomic E-state index is 13.3. The van der Waals surface area contributed by atoms with Gasteiger partial charge >= 0.3 is 12.2 Å². The summed E-state index contributed by atoms with van der Waals surface area (Å²) in [6, 6.07) is 2.41. The number of hydrogen-bond donors (Lipinski definition) is 0. The van der Waals surface area contributed by atoms with Crippen LogP contribution < -0.4 is 0 Å². The second kappa shape index (κ2) is 7.43. The van der Waals surface area contributed by atoms with E-state index in [1.165, 1.54) is 18.9 Å². The smallest absolute Gasteiger partial charge is 0.323 e. The van der Waals surface area contributed by atoms with E-state index in [4.69, 9.17) is 0 Å². The van der Waals surface area contributed by atoms with Gasteiger partial charge in [0.15, 0.2) is 11.5 Å². The molecule has 2 aromatic rings. The third-order valence-electron chi connectivity index (χ3n) is 8.51. The molecular weight excluding hydrogens is 511 g/mol. The normalized spacial score (nSPS) is 24.9. The molecule has 37 heavy (non-hydrogen) atoms. The summed E-state index contributed by atoms with van der Waals surface area (Å²) in [5.41, 5.74) is -1.64. The molecule has 2 spiro atoms. The van der Waals surface area contributed by atoms with Crippen LogP contribution in [0.2, 0.25) is 0 Å². The van der Waals surface area contributed by atoms with Crippen molar-refractivity contribution in [2.75, 3.05) is 39.3 Å². The second-order valence-electron chi connectivity index (χ2n) is 11.5. The standard InChI is InChI=1S/C23H26F3N7O3S/c24-23(25,26)18-17(2-1-5-27-18)37(35,36)32-12-22(13-32)10-31(11-22)20(34)30-8-21(9-30)6-16(7-21)33-14-28-19(29-33)15-3-4-15/h1-2,5,14-16H,3-4,6-13H2. The van der Waals surface area contributed by atoms with Crippen LogP contribution in [0, 0.1) is 10.8 Å². The fraction of sp³-hybridized carbons (Fsp3) is 0.652. The number of sulfonamides is 1. The average molecular weight is 538 g/mol. The summed E-state index contributed by atoms with van der Waals surface area (Å²) in [5.74, 6) is 1.48. The topological polar surface area (TPSA) is 105 Å². The van der Waals surface area contributed by atoms with Gasteiger partial charge in [0.25, 0.3) is 0 Å². The molecule has 198 valence electrons. The van der Waals surface area contributed by atoms with Gasteiger partial charge < -0.3 is 9.80 Å². The Morgan fingerprint density at radius 1 is 0.973 bits per heavy atom. The largest absolute Gasteiger partial charge is 0.434 e. The zero-order valence-electron chi connectivity index (χ0n) is 19.9. The zero-order valence-corrected chi connectivity index (χ0v) is 20.7. The molecule has 0 unspecified atom stereocenters. The van der Waals surface area contributed by atoms with Crippen LogP contribution in [0.3, 0.4) is 0 Å². The molecule has 2 amide bonds. The molecule has 5 fully saturated rings. The Morgan fingerprint density at radius 2 is 1.62 bits per heavy atom. The van der Waals surface area contributed by atoms with E-state index in [1.807, 2.05) is 15.9 Å². The number of pyridine rings is 1. The lowest BCUT2D eigenvalue weighted by molar-refractivity contribution is -0.143. The highest BCUT2D eigenvalue weighted by Gasteiger charge is 2.60. The van der Waals surface area contributed by atoms with Crippen molar-refractivity contribution >= 4 is 16.1 Å². The lowest BCUT2D eigenvalue weighted by atomic mass is 9.60. The van der Waals surface area contributed by atoms with Crippen LogP contribution in [0.4, 0.5) is 18.0 Å². The molecule has 2 aliphatic carbocycles. The third-order valence-corrected chi connectivity index (χ3v) is 10.3. The summed E-state index contributed by atoms with van der Waals surface area (Å²) in [6.07, 6.45) is 2.20. The number of amides is 2. The monoisotopic (exact) mass is 537 g/mol. The first-order chi connectivity index (χ1) is 17.5. The van der Waals surface area contributed by atoms with Gasteiger partial charge in [-0.05, 0) is 37.8 Å². The Morgan fingerprint density at radius 3 is 2.24 bits per heavy atom. The van der Waals surface area contributed by atoms with Crippen molar-refractivity contribution in [2.45, 2.75) is 48.7 Å². The van der Waals surface area contributed by atoms with Crippen LogP contribution in [0.25, 0.3) is 0 Å². The highest BCUT2D eigenvalue weighted by Crippen LogP contribution is 2.55. The van der Waals surface area contributed by atoms with Gasteiger partial charge in [-0.1, -0.05) is 0 Å². The second-order valence-corrected chi connectivity index (χ2v) is 13.4. The first kappa shape index (κ1) is 23.4. The number of aromatic nitrogens is 4. The van der Waals surface area contributed by atoms with Crippen LogP contribution in [-0.2, 0) is 16.2 Å². The predicted molar refractivity (Wildman–Crippen MR) is 122 cm³/mol. The summed E-state index contributed by atoms with van der Waals surface area (Å²) < 4.78 is 68.5. The van der Waals surface area contributed by atoms with E-state index in [1.54, 1.807) is 4.90 Å². The molecule has 2 aromatic heterocycles. The van der Waals surface area contributed by atoms with Crippen LogP contribution in [0.15, 0.2) is 29.6 Å². The highest BCUT2D eigenvalue weighted by molar-refractivity contribution is 7.89. The highest BCUT2D eigenvalue weighted by atomic mass is 32.2. The van der Waals surface area contributed by atoms with Crippen molar-refractivity contribution in [1.82, 2.24) is 33.9 Å². The minimum atomic E-state index is -4.87. The molecule has 0 aromatic carbocycles. The summed E-state index contributed by atoms with van der Waals surface area (Å²) in [5, 5.41) is 4.62. The Labute approximate surface area is 211 Å². The summed E-state index contributed by atoms with van der Waals surface area (Å²) in [7, 11) is -4.32. The van der Waals surface area contributed by atoms with Crippen LogP contribution in [0.1, 0.15) is 49.2 Å². The lowest BCUT2D eigenvalue weighted by Gasteiger charge is -2.63. The number of nitrogens with zero attached hydrogens (tertiary/aromatic N) is 7.